The number of hydrogen-bond acceptors (Lipinski definition) is 3. The maximum absolute atomic E-state index is 13.2. The number of nitrogens with one attached hydrogen (secondary N) is 3. The Morgan fingerprint density at radius 2 is 1.89 bits per heavy atom. The van der Waals surface area contributed by atoms with Gasteiger partial charge in [-0.2, -0.15) is 0 Å². The van der Waals surface area contributed by atoms with E-state index in [1.165, 1.54) is 0 Å². The molecule has 3 N–H and O–H groups in total. The Balaban J connectivity index is 2.00. The number of allylic oxidation sites excluding steroid dienone is 1. The number of rotatable bonds is 4. The first-order valence-electron chi connectivity index (χ1n) is 8.70. The van der Waals surface area contributed by atoms with Gasteiger partial charge in [-0.3, -0.25) is 4.79 Å². The van der Waals surface area contributed by atoms with Crippen LogP contribution in [-0.4, -0.2) is 18.1 Å². The van der Waals surface area contributed by atoms with Gasteiger partial charge in [0.25, 0.3) is 5.91 Å². The van der Waals surface area contributed by atoms with Crippen LogP contribution in [0, 0.1) is 13.8 Å². The van der Waals surface area contributed by atoms with E-state index in [9.17, 15) is 4.79 Å². The number of anilines is 1. The van der Waals surface area contributed by atoms with Gasteiger partial charge < -0.3 is 20.7 Å². The molecule has 0 saturated heterocycles. The summed E-state index contributed by atoms with van der Waals surface area (Å²) in [5.41, 5.74) is 5.11. The van der Waals surface area contributed by atoms with Crippen molar-refractivity contribution in [3.63, 3.8) is 0 Å². The minimum absolute atomic E-state index is 0.183. The van der Waals surface area contributed by atoms with E-state index in [1.54, 1.807) is 7.11 Å². The summed E-state index contributed by atoms with van der Waals surface area (Å²) in [6.45, 7) is 5.86. The molecule has 3 rings (SSSR count). The molecule has 0 radical (unpaired) electrons. The molecule has 1 heterocycles. The number of aryl methyl sites for hydroxylation is 2. The number of hydrogen-bond donors (Lipinski definition) is 3. The van der Waals surface area contributed by atoms with E-state index in [0.717, 1.165) is 28.1 Å². The van der Waals surface area contributed by atoms with E-state index in [2.05, 4.69) is 16.0 Å². The highest BCUT2D eigenvalue weighted by molar-refractivity contribution is 7.80. The molecule has 1 aliphatic rings. The first-order valence-corrected chi connectivity index (χ1v) is 9.11. The van der Waals surface area contributed by atoms with Crippen molar-refractivity contribution in [3.8, 4) is 5.75 Å². The van der Waals surface area contributed by atoms with Gasteiger partial charge in [-0.1, -0.05) is 35.9 Å². The van der Waals surface area contributed by atoms with Crippen LogP contribution in [0.1, 0.15) is 29.7 Å². The molecule has 2 aromatic carbocycles. The molecule has 2 aromatic rings. The average molecular weight is 382 g/mol. The quantitative estimate of drug-likeness (QED) is 0.704. The van der Waals surface area contributed by atoms with E-state index in [0.29, 0.717) is 16.4 Å². The molecule has 1 unspecified atom stereocenters. The fourth-order valence-corrected chi connectivity index (χ4v) is 3.55. The highest BCUT2D eigenvalue weighted by Crippen LogP contribution is 2.33. The summed E-state index contributed by atoms with van der Waals surface area (Å²) in [6.07, 6.45) is 0. The highest BCUT2D eigenvalue weighted by atomic mass is 32.1. The minimum Gasteiger partial charge on any atom is -0.496 e. The lowest BCUT2D eigenvalue weighted by Crippen LogP contribution is -2.45. The maximum atomic E-state index is 13.2. The number of amides is 1. The number of ether oxygens (including phenoxy) is 1. The molecule has 1 aliphatic heterocycles. The van der Waals surface area contributed by atoms with Crippen molar-refractivity contribution < 1.29 is 9.53 Å². The van der Waals surface area contributed by atoms with Crippen molar-refractivity contribution in [2.24, 2.45) is 0 Å². The van der Waals surface area contributed by atoms with Crippen LogP contribution >= 0.6 is 12.2 Å². The van der Waals surface area contributed by atoms with E-state index in [1.807, 2.05) is 63.2 Å². The van der Waals surface area contributed by atoms with Gasteiger partial charge in [0.2, 0.25) is 0 Å². The lowest BCUT2D eigenvalue weighted by molar-refractivity contribution is -0.113. The van der Waals surface area contributed by atoms with Gasteiger partial charge >= 0.3 is 0 Å². The molecule has 0 bridgehead atoms. The van der Waals surface area contributed by atoms with Crippen molar-refractivity contribution in [1.29, 1.82) is 0 Å². The van der Waals surface area contributed by atoms with E-state index < -0.39 is 6.04 Å². The van der Waals surface area contributed by atoms with Crippen LogP contribution in [0.5, 0.6) is 5.75 Å². The number of benzene rings is 2. The second-order valence-corrected chi connectivity index (χ2v) is 6.99. The number of methoxy groups -OCH3 is 1. The molecule has 0 fully saturated rings. The fraction of sp³-hybridized carbons (Fsp3) is 0.238. The smallest absolute Gasteiger partial charge is 0.255 e. The maximum Gasteiger partial charge on any atom is 0.255 e. The molecule has 5 nitrogen and oxygen atoms in total. The Morgan fingerprint density at radius 1 is 1.15 bits per heavy atom. The molecular formula is C21H23N3O2S. The Kier molecular flexibility index (Phi) is 5.46. The zero-order valence-corrected chi connectivity index (χ0v) is 16.7. The third-order valence-corrected chi connectivity index (χ3v) is 4.81. The summed E-state index contributed by atoms with van der Waals surface area (Å²) in [7, 11) is 1.62. The fourth-order valence-electron chi connectivity index (χ4n) is 3.28. The standard InChI is InChI=1S/C21H23N3O2S/c1-12-9-10-16(13(2)11-12)23-20(25)18-14(3)22-21(27)24-19(18)15-7-5-6-8-17(15)26-4/h5-11,19H,1-4H3,(H,23,25)(H2,22,24,27). The summed E-state index contributed by atoms with van der Waals surface area (Å²) in [6, 6.07) is 13.2. The minimum atomic E-state index is -0.402. The number of thiocarbonyl (C=S) groups is 1. The van der Waals surface area contributed by atoms with Crippen LogP contribution in [0.4, 0.5) is 5.69 Å². The van der Waals surface area contributed by atoms with Crippen LogP contribution in [0.25, 0.3) is 0 Å². The third kappa shape index (κ3) is 3.95. The summed E-state index contributed by atoms with van der Waals surface area (Å²) in [5.74, 6) is 0.516. The van der Waals surface area contributed by atoms with Gasteiger partial charge in [0, 0.05) is 16.9 Å². The van der Waals surface area contributed by atoms with Crippen molar-refractivity contribution >= 4 is 28.9 Å². The van der Waals surface area contributed by atoms with Gasteiger partial charge in [0.15, 0.2) is 5.11 Å². The van der Waals surface area contributed by atoms with Crippen molar-refractivity contribution in [3.05, 3.63) is 70.4 Å². The molecule has 0 aromatic heterocycles. The van der Waals surface area contributed by atoms with Gasteiger partial charge in [0.1, 0.15) is 5.75 Å². The highest BCUT2D eigenvalue weighted by Gasteiger charge is 2.31. The topological polar surface area (TPSA) is 62.4 Å². The van der Waals surface area contributed by atoms with E-state index in [-0.39, 0.29) is 5.91 Å². The predicted molar refractivity (Wildman–Crippen MR) is 112 cm³/mol. The van der Waals surface area contributed by atoms with Crippen LogP contribution < -0.4 is 20.7 Å². The second-order valence-electron chi connectivity index (χ2n) is 6.58. The first kappa shape index (κ1) is 18.9. The van der Waals surface area contributed by atoms with Crippen LogP contribution in [-0.2, 0) is 4.79 Å². The monoisotopic (exact) mass is 381 g/mol. The zero-order chi connectivity index (χ0) is 19.6. The van der Waals surface area contributed by atoms with Crippen molar-refractivity contribution in [2.75, 3.05) is 12.4 Å². The molecule has 1 atom stereocenters. The number of para-hydroxylation sites is 1. The molecular weight excluding hydrogens is 358 g/mol. The summed E-state index contributed by atoms with van der Waals surface area (Å²) < 4.78 is 5.49. The number of carbonyl (C=O) groups excluding carboxylic acids is 1. The zero-order valence-electron chi connectivity index (χ0n) is 15.8. The van der Waals surface area contributed by atoms with Gasteiger partial charge in [-0.25, -0.2) is 0 Å². The lowest BCUT2D eigenvalue weighted by Gasteiger charge is -2.31. The third-order valence-electron chi connectivity index (χ3n) is 4.59. The van der Waals surface area contributed by atoms with Gasteiger partial charge in [0.05, 0.1) is 18.7 Å². The van der Waals surface area contributed by atoms with Crippen LogP contribution in [0.3, 0.4) is 0 Å². The van der Waals surface area contributed by atoms with Crippen LogP contribution in [0.2, 0.25) is 0 Å². The van der Waals surface area contributed by atoms with Gasteiger partial charge in [-0.05, 0) is 50.7 Å². The second kappa shape index (κ2) is 7.80. The van der Waals surface area contributed by atoms with Crippen molar-refractivity contribution in [1.82, 2.24) is 10.6 Å². The summed E-state index contributed by atoms with van der Waals surface area (Å²) >= 11 is 5.31. The molecule has 0 aliphatic carbocycles. The van der Waals surface area contributed by atoms with Crippen molar-refractivity contribution in [2.45, 2.75) is 26.8 Å². The number of carbonyl (C=O) groups is 1. The lowest BCUT2D eigenvalue weighted by atomic mass is 9.94. The van der Waals surface area contributed by atoms with E-state index in [4.69, 9.17) is 17.0 Å². The molecule has 27 heavy (non-hydrogen) atoms. The Hall–Kier alpha value is -2.86. The van der Waals surface area contributed by atoms with Crippen LogP contribution in [0.15, 0.2) is 53.7 Å². The first-order chi connectivity index (χ1) is 12.9. The summed E-state index contributed by atoms with van der Waals surface area (Å²) in [5, 5.41) is 9.76. The molecule has 6 heteroatoms. The predicted octanol–water partition coefficient (Wildman–Crippen LogP) is 3.74. The largest absolute Gasteiger partial charge is 0.496 e. The Labute approximate surface area is 164 Å². The van der Waals surface area contributed by atoms with E-state index >= 15 is 0 Å². The molecule has 140 valence electrons. The average Bonchev–Trinajstić information content (AvgIpc) is 2.63. The normalized spacial score (nSPS) is 16.4. The Morgan fingerprint density at radius 3 is 2.59 bits per heavy atom. The Bertz CT molecular complexity index is 937. The molecule has 1 amide bonds. The molecule has 0 saturated carbocycles. The summed E-state index contributed by atoms with van der Waals surface area (Å²) in [4.78, 5) is 13.2. The van der Waals surface area contributed by atoms with Gasteiger partial charge in [-0.15, -0.1) is 0 Å². The molecule has 0 spiro atoms. The SMILES string of the molecule is COc1ccccc1C1NC(=S)NC(C)=C1C(=O)Nc1ccc(C)cc1C.